The van der Waals surface area contributed by atoms with E-state index in [2.05, 4.69) is 12.2 Å². The maximum absolute atomic E-state index is 10.3. The van der Waals surface area contributed by atoms with Crippen LogP contribution in [0.5, 0.6) is 0 Å². The number of hydrogen-bond donors (Lipinski definition) is 2. The zero-order chi connectivity index (χ0) is 11.5. The molecule has 0 aliphatic rings. The third-order valence-electron chi connectivity index (χ3n) is 2.31. The van der Waals surface area contributed by atoms with Crippen LogP contribution in [0.25, 0.3) is 0 Å². The molecule has 0 atom stereocenters. The average molecular weight is 213 g/mol. The van der Waals surface area contributed by atoms with Crippen molar-refractivity contribution in [2.45, 2.75) is 58.8 Å². The molecule has 0 aliphatic carbocycles. The Labute approximate surface area is 92.6 Å². The van der Waals surface area contributed by atoms with Crippen molar-refractivity contribution in [3.05, 3.63) is 11.8 Å². The summed E-state index contributed by atoms with van der Waals surface area (Å²) in [4.78, 5) is 10.3. The second-order valence-electron chi connectivity index (χ2n) is 3.87. The molecule has 3 heteroatoms. The summed E-state index contributed by atoms with van der Waals surface area (Å²) >= 11 is 0. The summed E-state index contributed by atoms with van der Waals surface area (Å²) in [5, 5.41) is 10.8. The molecular formula is C12H23NO2. The van der Waals surface area contributed by atoms with Crippen LogP contribution in [0.1, 0.15) is 58.8 Å². The van der Waals surface area contributed by atoms with Crippen molar-refractivity contribution in [1.29, 1.82) is 0 Å². The first-order valence-electron chi connectivity index (χ1n) is 5.83. The number of allylic oxidation sites excluding steroid dienone is 2. The fraction of sp³-hybridized carbons (Fsp3) is 0.750. The molecule has 0 radical (unpaired) electrons. The molecule has 0 unspecified atom stereocenters. The summed E-state index contributed by atoms with van der Waals surface area (Å²) in [6.45, 7) is 3.99. The Morgan fingerprint density at radius 3 is 2.40 bits per heavy atom. The van der Waals surface area contributed by atoms with Crippen LogP contribution in [-0.2, 0) is 0 Å². The smallest absolute Gasteiger partial charge is 0.408 e. The van der Waals surface area contributed by atoms with Crippen molar-refractivity contribution in [2.24, 2.45) is 0 Å². The summed E-state index contributed by atoms with van der Waals surface area (Å²) in [5.74, 6) is 0. The number of rotatable bonds is 8. The lowest BCUT2D eigenvalue weighted by Gasteiger charge is -2.01. The van der Waals surface area contributed by atoms with Crippen LogP contribution in [0.2, 0.25) is 0 Å². The molecule has 3 nitrogen and oxygen atoms in total. The fourth-order valence-electron chi connectivity index (χ4n) is 1.46. The third-order valence-corrected chi connectivity index (χ3v) is 2.31. The minimum absolute atomic E-state index is 0.732. The van der Waals surface area contributed by atoms with E-state index in [-0.39, 0.29) is 0 Å². The Bertz CT molecular complexity index is 200. The lowest BCUT2D eigenvalue weighted by molar-refractivity contribution is 0.197. The fourth-order valence-corrected chi connectivity index (χ4v) is 1.46. The van der Waals surface area contributed by atoms with Crippen LogP contribution in [0.15, 0.2) is 11.8 Å². The minimum Gasteiger partial charge on any atom is -0.465 e. The molecule has 2 N–H and O–H groups in total. The van der Waals surface area contributed by atoms with Crippen molar-refractivity contribution in [2.75, 3.05) is 0 Å². The van der Waals surface area contributed by atoms with Gasteiger partial charge in [-0.3, -0.25) is 5.32 Å². The quantitative estimate of drug-likeness (QED) is 0.600. The number of carbonyl (C=O) groups is 1. The topological polar surface area (TPSA) is 49.3 Å². The van der Waals surface area contributed by atoms with E-state index in [1.807, 2.05) is 6.08 Å². The van der Waals surface area contributed by atoms with Crippen LogP contribution in [0, 0.1) is 0 Å². The van der Waals surface area contributed by atoms with Gasteiger partial charge in [-0.25, -0.2) is 4.79 Å². The van der Waals surface area contributed by atoms with Gasteiger partial charge in [0.1, 0.15) is 0 Å². The Morgan fingerprint density at radius 1 is 1.20 bits per heavy atom. The van der Waals surface area contributed by atoms with Gasteiger partial charge in [-0.15, -0.1) is 0 Å². The Kier molecular flexibility index (Phi) is 8.93. The predicted molar refractivity (Wildman–Crippen MR) is 62.9 cm³/mol. The second-order valence-corrected chi connectivity index (χ2v) is 3.87. The maximum atomic E-state index is 10.3. The third kappa shape index (κ3) is 10.9. The van der Waals surface area contributed by atoms with Gasteiger partial charge in [0.05, 0.1) is 0 Å². The summed E-state index contributed by atoms with van der Waals surface area (Å²) in [7, 11) is 0. The molecular weight excluding hydrogens is 190 g/mol. The highest BCUT2D eigenvalue weighted by molar-refractivity contribution is 5.66. The van der Waals surface area contributed by atoms with Gasteiger partial charge in [-0.2, -0.15) is 0 Å². The lowest BCUT2D eigenvalue weighted by atomic mass is 10.1. The first kappa shape index (κ1) is 14.0. The number of hydrogen-bond acceptors (Lipinski definition) is 1. The number of unbranched alkanes of at least 4 members (excludes halogenated alkanes) is 6. The highest BCUT2D eigenvalue weighted by Crippen LogP contribution is 2.07. The van der Waals surface area contributed by atoms with Crippen molar-refractivity contribution in [1.82, 2.24) is 5.32 Å². The van der Waals surface area contributed by atoms with Gasteiger partial charge in [0.25, 0.3) is 0 Å². The molecule has 0 aliphatic heterocycles. The van der Waals surface area contributed by atoms with Crippen molar-refractivity contribution < 1.29 is 9.90 Å². The summed E-state index contributed by atoms with van der Waals surface area (Å²) in [5.41, 5.74) is 0.732. The molecule has 0 aromatic carbocycles. The van der Waals surface area contributed by atoms with Gasteiger partial charge in [0, 0.05) is 5.70 Å². The summed E-state index contributed by atoms with van der Waals surface area (Å²) in [6.07, 6.45) is 9.58. The molecule has 1 amide bonds. The minimum atomic E-state index is -0.980. The van der Waals surface area contributed by atoms with Crippen molar-refractivity contribution in [3.8, 4) is 0 Å². The average Bonchev–Trinajstić information content (AvgIpc) is 2.15. The van der Waals surface area contributed by atoms with Gasteiger partial charge in [0.2, 0.25) is 0 Å². The molecule has 0 saturated carbocycles. The van der Waals surface area contributed by atoms with E-state index in [4.69, 9.17) is 5.11 Å². The van der Waals surface area contributed by atoms with E-state index in [1.54, 1.807) is 6.92 Å². The second kappa shape index (κ2) is 9.56. The van der Waals surface area contributed by atoms with Gasteiger partial charge in [-0.1, -0.05) is 45.1 Å². The van der Waals surface area contributed by atoms with Crippen LogP contribution >= 0.6 is 0 Å². The number of amides is 1. The Morgan fingerprint density at radius 2 is 1.80 bits per heavy atom. The molecule has 0 aromatic rings. The normalized spacial score (nSPS) is 11.5. The first-order valence-corrected chi connectivity index (χ1v) is 5.83. The lowest BCUT2D eigenvalue weighted by Crippen LogP contribution is -2.17. The molecule has 0 saturated heterocycles. The molecule has 0 rings (SSSR count). The zero-order valence-electron chi connectivity index (χ0n) is 9.88. The van der Waals surface area contributed by atoms with E-state index >= 15 is 0 Å². The SMILES string of the molecule is CCCCCCCCC=C(C)NC(=O)O. The molecule has 0 bridgehead atoms. The standard InChI is InChI=1S/C12H23NO2/c1-3-4-5-6-7-8-9-10-11(2)13-12(14)15/h10,13H,3-9H2,1-2H3,(H,14,15). The highest BCUT2D eigenvalue weighted by Gasteiger charge is 1.94. The highest BCUT2D eigenvalue weighted by atomic mass is 16.4. The van der Waals surface area contributed by atoms with Gasteiger partial charge in [-0.05, 0) is 19.8 Å². The largest absolute Gasteiger partial charge is 0.465 e. The zero-order valence-corrected chi connectivity index (χ0v) is 9.88. The van der Waals surface area contributed by atoms with E-state index < -0.39 is 6.09 Å². The van der Waals surface area contributed by atoms with E-state index in [0.29, 0.717) is 0 Å². The number of carboxylic acid groups (broad SMARTS) is 1. The molecule has 0 spiro atoms. The van der Waals surface area contributed by atoms with E-state index in [1.165, 1.54) is 32.1 Å². The summed E-state index contributed by atoms with van der Waals surface area (Å²) < 4.78 is 0. The number of nitrogens with one attached hydrogen (secondary N) is 1. The van der Waals surface area contributed by atoms with Crippen LogP contribution in [0.3, 0.4) is 0 Å². The molecule has 0 heterocycles. The van der Waals surface area contributed by atoms with E-state index in [9.17, 15) is 4.79 Å². The van der Waals surface area contributed by atoms with Crippen molar-refractivity contribution in [3.63, 3.8) is 0 Å². The predicted octanol–water partition coefficient (Wildman–Crippen LogP) is 3.91. The van der Waals surface area contributed by atoms with Gasteiger partial charge >= 0.3 is 6.09 Å². The van der Waals surface area contributed by atoms with Crippen LogP contribution < -0.4 is 5.32 Å². The molecule has 0 aromatic heterocycles. The Balaban J connectivity index is 3.32. The van der Waals surface area contributed by atoms with Crippen LogP contribution in [0.4, 0.5) is 4.79 Å². The maximum Gasteiger partial charge on any atom is 0.408 e. The van der Waals surface area contributed by atoms with Gasteiger partial charge in [0.15, 0.2) is 0 Å². The van der Waals surface area contributed by atoms with Crippen LogP contribution in [-0.4, -0.2) is 11.2 Å². The van der Waals surface area contributed by atoms with E-state index in [0.717, 1.165) is 18.5 Å². The molecule has 88 valence electrons. The molecule has 0 fully saturated rings. The van der Waals surface area contributed by atoms with Crippen molar-refractivity contribution >= 4 is 6.09 Å². The first-order chi connectivity index (χ1) is 7.16. The molecule has 15 heavy (non-hydrogen) atoms. The summed E-state index contributed by atoms with van der Waals surface area (Å²) in [6, 6.07) is 0. The monoisotopic (exact) mass is 213 g/mol. The Hall–Kier alpha value is -0.990. The van der Waals surface area contributed by atoms with Gasteiger partial charge < -0.3 is 5.11 Å².